The Bertz CT molecular complexity index is 416. The van der Waals surface area contributed by atoms with Gasteiger partial charge in [-0.05, 0) is 62.9 Å². The highest BCUT2D eigenvalue weighted by Crippen LogP contribution is 2.15. The summed E-state index contributed by atoms with van der Waals surface area (Å²) >= 11 is 0. The number of benzene rings is 1. The second-order valence-corrected chi connectivity index (χ2v) is 6.81. The van der Waals surface area contributed by atoms with Gasteiger partial charge in [-0.25, -0.2) is 4.39 Å². The summed E-state index contributed by atoms with van der Waals surface area (Å²) in [6.07, 6.45) is 3.44. The molecule has 2 nitrogen and oxygen atoms in total. The molecule has 0 saturated carbocycles. The molecule has 1 aromatic rings. The molecule has 0 radical (unpaired) electrons. The van der Waals surface area contributed by atoms with Gasteiger partial charge in [-0.1, -0.05) is 26.0 Å². The largest absolute Gasteiger partial charge is 0.313 e. The summed E-state index contributed by atoms with van der Waals surface area (Å²) in [5.41, 5.74) is 1.22. The Labute approximate surface area is 128 Å². The van der Waals surface area contributed by atoms with Gasteiger partial charge in [0.2, 0.25) is 0 Å². The quantitative estimate of drug-likeness (QED) is 0.894. The predicted molar refractivity (Wildman–Crippen MR) is 87.0 cm³/mol. The van der Waals surface area contributed by atoms with E-state index in [1.54, 1.807) is 12.1 Å². The van der Waals surface area contributed by atoms with Gasteiger partial charge in [0.1, 0.15) is 5.82 Å². The van der Waals surface area contributed by atoms with Crippen LogP contribution in [0, 0.1) is 11.7 Å². The summed E-state index contributed by atoms with van der Waals surface area (Å²) in [5, 5.41) is 3.68. The lowest BCUT2D eigenvalue weighted by Gasteiger charge is -2.31. The lowest BCUT2D eigenvalue weighted by Crippen LogP contribution is -2.43. The first-order chi connectivity index (χ1) is 10.0. The van der Waals surface area contributed by atoms with Crippen LogP contribution in [0.3, 0.4) is 0 Å². The Morgan fingerprint density at radius 2 is 1.95 bits per heavy atom. The highest BCUT2D eigenvalue weighted by atomic mass is 19.1. The minimum Gasteiger partial charge on any atom is -0.313 e. The average molecular weight is 292 g/mol. The molecule has 0 spiro atoms. The Hall–Kier alpha value is -0.930. The molecule has 1 heterocycles. The van der Waals surface area contributed by atoms with Crippen molar-refractivity contribution in [2.45, 2.75) is 52.1 Å². The minimum absolute atomic E-state index is 0.151. The minimum atomic E-state index is -0.151. The Morgan fingerprint density at radius 1 is 1.24 bits per heavy atom. The first kappa shape index (κ1) is 16.4. The van der Waals surface area contributed by atoms with Crippen LogP contribution in [0.15, 0.2) is 24.3 Å². The van der Waals surface area contributed by atoms with E-state index in [-0.39, 0.29) is 5.82 Å². The van der Waals surface area contributed by atoms with E-state index in [4.69, 9.17) is 0 Å². The van der Waals surface area contributed by atoms with Crippen molar-refractivity contribution >= 4 is 0 Å². The van der Waals surface area contributed by atoms with E-state index in [1.165, 1.54) is 18.4 Å². The van der Waals surface area contributed by atoms with E-state index in [1.807, 2.05) is 12.1 Å². The van der Waals surface area contributed by atoms with Gasteiger partial charge in [0.25, 0.3) is 0 Å². The van der Waals surface area contributed by atoms with Crippen LogP contribution in [-0.2, 0) is 6.42 Å². The summed E-state index contributed by atoms with van der Waals surface area (Å²) < 4.78 is 13.0. The van der Waals surface area contributed by atoms with Crippen LogP contribution in [0.25, 0.3) is 0 Å². The van der Waals surface area contributed by atoms with E-state index in [0.29, 0.717) is 12.1 Å². The zero-order valence-corrected chi connectivity index (χ0v) is 13.6. The number of hydrogen-bond acceptors (Lipinski definition) is 2. The number of halogens is 1. The summed E-state index contributed by atoms with van der Waals surface area (Å²) in [6.45, 7) is 10.3. The van der Waals surface area contributed by atoms with Gasteiger partial charge in [0.15, 0.2) is 0 Å². The maximum absolute atomic E-state index is 13.0. The molecule has 118 valence electrons. The number of rotatable bonds is 5. The maximum Gasteiger partial charge on any atom is 0.123 e. The van der Waals surface area contributed by atoms with Crippen molar-refractivity contribution in [2.24, 2.45) is 5.92 Å². The van der Waals surface area contributed by atoms with Gasteiger partial charge < -0.3 is 5.32 Å². The average Bonchev–Trinajstić information content (AvgIpc) is 2.66. The maximum atomic E-state index is 13.0. The zero-order valence-electron chi connectivity index (χ0n) is 13.6. The van der Waals surface area contributed by atoms with Crippen LogP contribution < -0.4 is 5.32 Å². The second-order valence-electron chi connectivity index (χ2n) is 6.81. The molecule has 0 aliphatic carbocycles. The first-order valence-electron chi connectivity index (χ1n) is 8.26. The molecule has 0 aromatic heterocycles. The smallest absolute Gasteiger partial charge is 0.123 e. The molecule has 2 rings (SSSR count). The van der Waals surface area contributed by atoms with E-state index in [9.17, 15) is 4.39 Å². The summed E-state index contributed by atoms with van der Waals surface area (Å²) in [6, 6.07) is 8.05. The zero-order chi connectivity index (χ0) is 15.2. The third-order valence-corrected chi connectivity index (χ3v) is 4.33. The Balaban J connectivity index is 1.93. The summed E-state index contributed by atoms with van der Waals surface area (Å²) in [7, 11) is 0. The van der Waals surface area contributed by atoms with Crippen molar-refractivity contribution in [3.8, 4) is 0 Å². The third-order valence-electron chi connectivity index (χ3n) is 4.33. The van der Waals surface area contributed by atoms with Crippen molar-refractivity contribution < 1.29 is 4.39 Å². The molecule has 1 aliphatic rings. The molecule has 1 saturated heterocycles. The normalized spacial score (nSPS) is 22.2. The molecule has 1 aromatic carbocycles. The lowest BCUT2D eigenvalue weighted by atomic mass is 10.0. The van der Waals surface area contributed by atoms with Gasteiger partial charge in [-0.15, -0.1) is 0 Å². The van der Waals surface area contributed by atoms with Crippen LogP contribution in [-0.4, -0.2) is 36.6 Å². The fourth-order valence-electron chi connectivity index (χ4n) is 3.25. The Kier molecular flexibility index (Phi) is 6.19. The van der Waals surface area contributed by atoms with E-state index in [2.05, 4.69) is 31.0 Å². The summed E-state index contributed by atoms with van der Waals surface area (Å²) in [5.74, 6) is 0.581. The van der Waals surface area contributed by atoms with Crippen LogP contribution in [0.2, 0.25) is 0 Å². The fourth-order valence-corrected chi connectivity index (χ4v) is 3.25. The molecule has 1 N–H and O–H groups in total. The number of hydrogen-bond donors (Lipinski definition) is 1. The lowest BCUT2D eigenvalue weighted by molar-refractivity contribution is 0.196. The van der Waals surface area contributed by atoms with Gasteiger partial charge >= 0.3 is 0 Å². The van der Waals surface area contributed by atoms with Crippen molar-refractivity contribution in [3.63, 3.8) is 0 Å². The van der Waals surface area contributed by atoms with Crippen molar-refractivity contribution in [1.29, 1.82) is 0 Å². The fraction of sp³-hybridized carbons (Fsp3) is 0.667. The molecule has 3 heteroatoms. The SMILES string of the molecule is CC(C)CC1CN(C(C)Cc2ccc(F)cc2)CCCN1. The first-order valence-corrected chi connectivity index (χ1v) is 8.26. The van der Waals surface area contributed by atoms with Crippen LogP contribution in [0.4, 0.5) is 4.39 Å². The molecule has 1 aliphatic heterocycles. The van der Waals surface area contributed by atoms with Crippen LogP contribution in [0.5, 0.6) is 0 Å². The molecule has 0 bridgehead atoms. The van der Waals surface area contributed by atoms with E-state index in [0.717, 1.165) is 32.0 Å². The Morgan fingerprint density at radius 3 is 2.62 bits per heavy atom. The number of nitrogens with one attached hydrogen (secondary N) is 1. The van der Waals surface area contributed by atoms with Gasteiger partial charge in [0, 0.05) is 18.6 Å². The van der Waals surface area contributed by atoms with E-state index >= 15 is 0 Å². The molecular formula is C18H29FN2. The molecule has 21 heavy (non-hydrogen) atoms. The third kappa shape index (κ3) is 5.40. The standard InChI is InChI=1S/C18H29FN2/c1-14(2)11-18-13-21(10-4-9-20-18)15(3)12-16-5-7-17(19)8-6-16/h5-8,14-15,18,20H,4,9-13H2,1-3H3. The van der Waals surface area contributed by atoms with Crippen molar-refractivity contribution in [2.75, 3.05) is 19.6 Å². The van der Waals surface area contributed by atoms with Crippen LogP contribution in [0.1, 0.15) is 39.2 Å². The molecule has 0 amide bonds. The molecular weight excluding hydrogens is 263 g/mol. The highest BCUT2D eigenvalue weighted by Gasteiger charge is 2.22. The number of nitrogens with zero attached hydrogens (tertiary/aromatic N) is 1. The van der Waals surface area contributed by atoms with E-state index < -0.39 is 0 Å². The van der Waals surface area contributed by atoms with Gasteiger partial charge in [0.05, 0.1) is 0 Å². The van der Waals surface area contributed by atoms with Crippen molar-refractivity contribution in [3.05, 3.63) is 35.6 Å². The molecule has 2 atom stereocenters. The summed E-state index contributed by atoms with van der Waals surface area (Å²) in [4.78, 5) is 2.59. The highest BCUT2D eigenvalue weighted by molar-refractivity contribution is 5.17. The molecule has 1 fully saturated rings. The molecule has 2 unspecified atom stereocenters. The second kappa shape index (κ2) is 7.90. The van der Waals surface area contributed by atoms with Crippen LogP contribution >= 0.6 is 0 Å². The van der Waals surface area contributed by atoms with Crippen molar-refractivity contribution in [1.82, 2.24) is 10.2 Å². The van der Waals surface area contributed by atoms with Gasteiger partial charge in [-0.2, -0.15) is 0 Å². The van der Waals surface area contributed by atoms with Gasteiger partial charge in [-0.3, -0.25) is 4.90 Å². The monoisotopic (exact) mass is 292 g/mol. The topological polar surface area (TPSA) is 15.3 Å². The predicted octanol–water partition coefficient (Wildman–Crippen LogP) is 3.47.